The summed E-state index contributed by atoms with van der Waals surface area (Å²) in [5.41, 5.74) is 1.84. The number of nitrogens with one attached hydrogen (secondary N) is 1. The zero-order valence-corrected chi connectivity index (χ0v) is 17.6. The highest BCUT2D eigenvalue weighted by molar-refractivity contribution is 7.98. The molecule has 0 unspecified atom stereocenters. The van der Waals surface area contributed by atoms with Crippen molar-refractivity contribution in [1.29, 1.82) is 0 Å². The number of carbonyl (C=O) groups excluding carboxylic acids is 1. The molecule has 0 aliphatic heterocycles. The van der Waals surface area contributed by atoms with Crippen LogP contribution in [0.5, 0.6) is 5.75 Å². The molecule has 27 heavy (non-hydrogen) atoms. The molecule has 2 rings (SSSR count). The number of rotatable bonds is 7. The first-order valence-electron chi connectivity index (χ1n) is 8.27. The summed E-state index contributed by atoms with van der Waals surface area (Å²) in [5, 5.41) is 2.83. The molecule has 2 aromatic carbocycles. The van der Waals surface area contributed by atoms with Gasteiger partial charge in [-0.3, -0.25) is 9.10 Å². The van der Waals surface area contributed by atoms with Gasteiger partial charge in [-0.1, -0.05) is 18.2 Å². The molecule has 0 bridgehead atoms. The van der Waals surface area contributed by atoms with Crippen LogP contribution >= 0.6 is 11.8 Å². The predicted molar refractivity (Wildman–Crippen MR) is 111 cm³/mol. The van der Waals surface area contributed by atoms with E-state index >= 15 is 0 Å². The first-order chi connectivity index (χ1) is 12.7. The van der Waals surface area contributed by atoms with Gasteiger partial charge < -0.3 is 10.1 Å². The smallest absolute Gasteiger partial charge is 0.248 e. The number of carbonyl (C=O) groups is 1. The van der Waals surface area contributed by atoms with Gasteiger partial charge in [0, 0.05) is 4.90 Å². The second-order valence-electron chi connectivity index (χ2n) is 6.10. The number of thioether (sulfide) groups is 1. The van der Waals surface area contributed by atoms with Crippen molar-refractivity contribution in [3.63, 3.8) is 0 Å². The Kier molecular flexibility index (Phi) is 6.78. The van der Waals surface area contributed by atoms with Crippen LogP contribution in [0.3, 0.4) is 0 Å². The van der Waals surface area contributed by atoms with Gasteiger partial charge in [0.1, 0.15) is 11.8 Å². The quantitative estimate of drug-likeness (QED) is 0.710. The van der Waals surface area contributed by atoms with Crippen LogP contribution in [0.25, 0.3) is 0 Å². The molecule has 1 atom stereocenters. The molecule has 146 valence electrons. The third-order valence-corrected chi connectivity index (χ3v) is 6.05. The number of benzene rings is 2. The van der Waals surface area contributed by atoms with E-state index in [-0.39, 0.29) is 0 Å². The third-order valence-electron chi connectivity index (χ3n) is 4.03. The molecule has 0 aliphatic rings. The minimum atomic E-state index is -3.73. The van der Waals surface area contributed by atoms with Gasteiger partial charge in [0.2, 0.25) is 15.9 Å². The molecule has 0 saturated carbocycles. The average Bonchev–Trinajstić information content (AvgIpc) is 2.61. The van der Waals surface area contributed by atoms with Gasteiger partial charge in [0.25, 0.3) is 0 Å². The van der Waals surface area contributed by atoms with Crippen LogP contribution in [-0.2, 0) is 14.8 Å². The lowest BCUT2D eigenvalue weighted by atomic mass is 10.2. The summed E-state index contributed by atoms with van der Waals surface area (Å²) in [5.74, 6) is -0.0410. The largest absolute Gasteiger partial charge is 0.495 e. The second kappa shape index (κ2) is 8.67. The third kappa shape index (κ3) is 4.95. The molecule has 0 aromatic heterocycles. The molecule has 8 heteroatoms. The number of methoxy groups -OCH3 is 1. The number of para-hydroxylation sites is 1. The van der Waals surface area contributed by atoms with Crippen molar-refractivity contribution in [2.45, 2.75) is 24.8 Å². The van der Waals surface area contributed by atoms with Gasteiger partial charge in [0.15, 0.2) is 0 Å². The summed E-state index contributed by atoms with van der Waals surface area (Å²) in [6.07, 6.45) is 2.99. The van der Waals surface area contributed by atoms with E-state index in [0.29, 0.717) is 17.1 Å². The van der Waals surface area contributed by atoms with Crippen LogP contribution < -0.4 is 14.4 Å². The molecule has 6 nitrogen and oxygen atoms in total. The molecule has 2 aromatic rings. The highest BCUT2D eigenvalue weighted by Gasteiger charge is 2.31. The van der Waals surface area contributed by atoms with E-state index in [1.54, 1.807) is 25.1 Å². The van der Waals surface area contributed by atoms with Gasteiger partial charge in [-0.2, -0.15) is 0 Å². The summed E-state index contributed by atoms with van der Waals surface area (Å²) >= 11 is 1.50. The maximum Gasteiger partial charge on any atom is 0.248 e. The Hall–Kier alpha value is -2.19. The van der Waals surface area contributed by atoms with Crippen molar-refractivity contribution in [2.75, 3.05) is 29.2 Å². The molecule has 0 aliphatic carbocycles. The van der Waals surface area contributed by atoms with E-state index < -0.39 is 22.0 Å². The molecule has 0 radical (unpaired) electrons. The Labute approximate surface area is 165 Å². The fourth-order valence-corrected chi connectivity index (χ4v) is 4.46. The van der Waals surface area contributed by atoms with Crippen molar-refractivity contribution in [3.05, 3.63) is 48.0 Å². The molecule has 1 N–H and O–H groups in total. The van der Waals surface area contributed by atoms with E-state index in [0.717, 1.165) is 21.0 Å². The van der Waals surface area contributed by atoms with E-state index in [1.807, 2.05) is 37.4 Å². The van der Waals surface area contributed by atoms with Crippen molar-refractivity contribution in [1.82, 2.24) is 0 Å². The summed E-state index contributed by atoms with van der Waals surface area (Å²) < 4.78 is 31.5. The first kappa shape index (κ1) is 21.1. The topological polar surface area (TPSA) is 75.7 Å². The normalized spacial score (nSPS) is 12.3. The maximum absolute atomic E-state index is 12.9. The number of hydrogen-bond donors (Lipinski definition) is 1. The van der Waals surface area contributed by atoms with Gasteiger partial charge in [0.05, 0.1) is 24.7 Å². The molecule has 1 amide bonds. The van der Waals surface area contributed by atoms with E-state index in [1.165, 1.54) is 18.9 Å². The predicted octanol–water partition coefficient (Wildman–Crippen LogP) is 3.52. The van der Waals surface area contributed by atoms with Crippen LogP contribution in [0.2, 0.25) is 0 Å². The molecule has 0 spiro atoms. The van der Waals surface area contributed by atoms with Gasteiger partial charge in [-0.25, -0.2) is 8.42 Å². The number of anilines is 2. The highest BCUT2D eigenvalue weighted by atomic mass is 32.2. The molecular weight excluding hydrogens is 384 g/mol. The highest BCUT2D eigenvalue weighted by Crippen LogP contribution is 2.33. The molecule has 0 saturated heterocycles. The zero-order valence-electron chi connectivity index (χ0n) is 16.0. The average molecular weight is 409 g/mol. The summed E-state index contributed by atoms with van der Waals surface area (Å²) in [4.78, 5) is 13.8. The molecular formula is C19H24N2O4S2. The lowest BCUT2D eigenvalue weighted by Gasteiger charge is -2.29. The van der Waals surface area contributed by atoms with Crippen LogP contribution in [0.4, 0.5) is 11.4 Å². The maximum atomic E-state index is 12.9. The summed E-state index contributed by atoms with van der Waals surface area (Å²) in [6, 6.07) is 11.6. The molecule has 0 heterocycles. The lowest BCUT2D eigenvalue weighted by molar-refractivity contribution is -0.116. The van der Waals surface area contributed by atoms with Gasteiger partial charge in [-0.15, -0.1) is 11.8 Å². The Bertz CT molecular complexity index is 929. The van der Waals surface area contributed by atoms with E-state index in [4.69, 9.17) is 4.74 Å². The minimum Gasteiger partial charge on any atom is -0.495 e. The van der Waals surface area contributed by atoms with Crippen molar-refractivity contribution in [3.8, 4) is 5.75 Å². The van der Waals surface area contributed by atoms with Crippen LogP contribution in [0.15, 0.2) is 47.4 Å². The van der Waals surface area contributed by atoms with Gasteiger partial charge >= 0.3 is 0 Å². The number of aryl methyl sites for hydroxylation is 1. The number of hydrogen-bond acceptors (Lipinski definition) is 5. The first-order valence-corrected chi connectivity index (χ1v) is 11.3. The summed E-state index contributed by atoms with van der Waals surface area (Å²) in [6.45, 7) is 3.41. The number of sulfonamides is 1. The van der Waals surface area contributed by atoms with Crippen molar-refractivity contribution < 1.29 is 17.9 Å². The number of ether oxygens (including phenoxy) is 1. The minimum absolute atomic E-state index is 0.334. The van der Waals surface area contributed by atoms with Crippen LogP contribution in [0.1, 0.15) is 12.5 Å². The van der Waals surface area contributed by atoms with Crippen LogP contribution in [0, 0.1) is 6.92 Å². The van der Waals surface area contributed by atoms with Crippen molar-refractivity contribution >= 4 is 39.1 Å². The fraction of sp³-hybridized carbons (Fsp3) is 0.316. The lowest BCUT2D eigenvalue weighted by Crippen LogP contribution is -2.45. The van der Waals surface area contributed by atoms with Crippen molar-refractivity contribution in [2.24, 2.45) is 0 Å². The Morgan fingerprint density at radius 2 is 1.89 bits per heavy atom. The second-order valence-corrected chi connectivity index (χ2v) is 8.81. The Morgan fingerprint density at radius 1 is 1.22 bits per heavy atom. The SMILES string of the molecule is COc1ccc(C)cc1N([C@H](C)C(=O)Nc1ccccc1SC)S(C)(=O)=O. The number of nitrogens with zero attached hydrogens (tertiary/aromatic N) is 1. The monoisotopic (exact) mass is 408 g/mol. The molecule has 0 fully saturated rings. The summed E-state index contributed by atoms with van der Waals surface area (Å²) in [7, 11) is -2.27. The van der Waals surface area contributed by atoms with Crippen LogP contribution in [-0.4, -0.2) is 40.0 Å². The standard InChI is InChI=1S/C19H24N2O4S2/c1-13-10-11-17(25-3)16(12-13)21(27(5,23)24)14(2)19(22)20-15-8-6-7-9-18(15)26-4/h6-12,14H,1-5H3,(H,20,22)/t14-/m1/s1. The Morgan fingerprint density at radius 3 is 2.48 bits per heavy atom. The number of amides is 1. The van der Waals surface area contributed by atoms with E-state index in [9.17, 15) is 13.2 Å². The zero-order chi connectivity index (χ0) is 20.2. The van der Waals surface area contributed by atoms with Gasteiger partial charge in [-0.05, 0) is 49.9 Å². The fourth-order valence-electron chi connectivity index (χ4n) is 2.74. The Balaban J connectivity index is 2.43. The van der Waals surface area contributed by atoms with E-state index in [2.05, 4.69) is 5.32 Å².